The Hall–Kier alpha value is -2.38. The van der Waals surface area contributed by atoms with Crippen molar-refractivity contribution in [2.24, 2.45) is 0 Å². The highest BCUT2D eigenvalue weighted by Gasteiger charge is 2.26. The molecule has 0 unspecified atom stereocenters. The molecule has 152 valence electrons. The van der Waals surface area contributed by atoms with Crippen LogP contribution in [0.4, 0.5) is 0 Å². The standard InChI is InChI=1S/C21H28N2O4S/c1-5-22(16-17-11-9-8-10-12-17)21(24)19-15-18(13-14-20(19)27-4)28(25,26)23(6-2)7-3/h8-15H,5-7,16H2,1-4H3. The van der Waals surface area contributed by atoms with Crippen molar-refractivity contribution in [1.29, 1.82) is 0 Å². The van der Waals surface area contributed by atoms with Crippen molar-refractivity contribution in [2.45, 2.75) is 32.2 Å². The molecule has 0 aliphatic heterocycles. The minimum Gasteiger partial charge on any atom is -0.496 e. The number of nitrogens with zero attached hydrogens (tertiary/aromatic N) is 2. The van der Waals surface area contributed by atoms with E-state index in [1.165, 1.54) is 23.5 Å². The normalized spacial score (nSPS) is 11.5. The van der Waals surface area contributed by atoms with Crippen LogP contribution < -0.4 is 4.74 Å². The van der Waals surface area contributed by atoms with E-state index in [0.717, 1.165) is 5.56 Å². The molecule has 2 rings (SSSR count). The summed E-state index contributed by atoms with van der Waals surface area (Å²) in [5.41, 5.74) is 1.25. The Balaban J connectivity index is 2.43. The Bertz CT molecular complexity index is 894. The highest BCUT2D eigenvalue weighted by atomic mass is 32.2. The molecule has 28 heavy (non-hydrogen) atoms. The summed E-state index contributed by atoms with van der Waals surface area (Å²) in [5.74, 6) is 0.0924. The van der Waals surface area contributed by atoms with Crippen LogP contribution >= 0.6 is 0 Å². The van der Waals surface area contributed by atoms with Gasteiger partial charge in [-0.3, -0.25) is 4.79 Å². The Morgan fingerprint density at radius 1 is 0.964 bits per heavy atom. The average molecular weight is 405 g/mol. The van der Waals surface area contributed by atoms with Crippen LogP contribution in [-0.2, 0) is 16.6 Å². The summed E-state index contributed by atoms with van der Waals surface area (Å²) in [5, 5.41) is 0. The molecule has 0 aliphatic carbocycles. The lowest BCUT2D eigenvalue weighted by molar-refractivity contribution is 0.0749. The van der Waals surface area contributed by atoms with Crippen LogP contribution in [0.15, 0.2) is 53.4 Å². The summed E-state index contributed by atoms with van der Waals surface area (Å²) in [6.45, 7) is 7.12. The van der Waals surface area contributed by atoms with E-state index in [9.17, 15) is 13.2 Å². The van der Waals surface area contributed by atoms with Gasteiger partial charge in [-0.2, -0.15) is 4.31 Å². The molecule has 0 aliphatic rings. The smallest absolute Gasteiger partial charge is 0.257 e. The second-order valence-corrected chi connectivity index (χ2v) is 8.19. The Morgan fingerprint density at radius 3 is 2.14 bits per heavy atom. The van der Waals surface area contributed by atoms with E-state index in [2.05, 4.69) is 0 Å². The molecule has 6 nitrogen and oxygen atoms in total. The lowest BCUT2D eigenvalue weighted by atomic mass is 10.1. The molecule has 0 aromatic heterocycles. The van der Waals surface area contributed by atoms with Crippen molar-refractivity contribution < 1.29 is 17.9 Å². The zero-order valence-corrected chi connectivity index (χ0v) is 17.7. The van der Waals surface area contributed by atoms with Crippen molar-refractivity contribution >= 4 is 15.9 Å². The number of benzene rings is 2. The third kappa shape index (κ3) is 4.72. The van der Waals surface area contributed by atoms with Gasteiger partial charge in [0.05, 0.1) is 17.6 Å². The van der Waals surface area contributed by atoms with Crippen LogP contribution in [0.3, 0.4) is 0 Å². The molecule has 0 saturated heterocycles. The van der Waals surface area contributed by atoms with Gasteiger partial charge in [0.2, 0.25) is 10.0 Å². The van der Waals surface area contributed by atoms with Crippen LogP contribution in [0, 0.1) is 0 Å². The van der Waals surface area contributed by atoms with Gasteiger partial charge in [0.25, 0.3) is 5.91 Å². The summed E-state index contributed by atoms with van der Waals surface area (Å²) < 4.78 is 32.4. The minimum absolute atomic E-state index is 0.0936. The largest absolute Gasteiger partial charge is 0.496 e. The topological polar surface area (TPSA) is 66.9 Å². The van der Waals surface area contributed by atoms with Crippen LogP contribution in [0.1, 0.15) is 36.7 Å². The zero-order valence-electron chi connectivity index (χ0n) is 16.9. The van der Waals surface area contributed by atoms with Gasteiger partial charge in [-0.25, -0.2) is 8.42 Å². The van der Waals surface area contributed by atoms with E-state index in [1.807, 2.05) is 37.3 Å². The molecule has 0 saturated carbocycles. The molecule has 0 atom stereocenters. The summed E-state index contributed by atoms with van der Waals surface area (Å²) in [6.07, 6.45) is 0. The highest BCUT2D eigenvalue weighted by Crippen LogP contribution is 2.26. The second kappa shape index (κ2) is 9.71. The molecule has 0 N–H and O–H groups in total. The van der Waals surface area contributed by atoms with E-state index < -0.39 is 10.0 Å². The Morgan fingerprint density at radius 2 is 1.61 bits per heavy atom. The van der Waals surface area contributed by atoms with Crippen molar-refractivity contribution in [3.05, 3.63) is 59.7 Å². The van der Waals surface area contributed by atoms with Gasteiger partial charge in [0.1, 0.15) is 5.75 Å². The van der Waals surface area contributed by atoms with Crippen molar-refractivity contribution in [1.82, 2.24) is 9.21 Å². The van der Waals surface area contributed by atoms with Crippen LogP contribution in [0.5, 0.6) is 5.75 Å². The van der Waals surface area contributed by atoms with Crippen molar-refractivity contribution in [3.8, 4) is 5.75 Å². The van der Waals surface area contributed by atoms with Gasteiger partial charge in [0.15, 0.2) is 0 Å². The quantitative estimate of drug-likeness (QED) is 0.643. The minimum atomic E-state index is -3.67. The SMILES string of the molecule is CCN(Cc1ccccc1)C(=O)c1cc(S(=O)(=O)N(CC)CC)ccc1OC. The number of rotatable bonds is 9. The van der Waals surface area contributed by atoms with Gasteiger partial charge < -0.3 is 9.64 Å². The molecule has 0 fully saturated rings. The summed E-state index contributed by atoms with van der Waals surface area (Å²) in [7, 11) is -2.20. The molecular formula is C21H28N2O4S. The van der Waals surface area contributed by atoms with E-state index in [1.54, 1.807) is 24.8 Å². The van der Waals surface area contributed by atoms with Crippen LogP contribution in [0.25, 0.3) is 0 Å². The van der Waals surface area contributed by atoms with E-state index in [4.69, 9.17) is 4.74 Å². The first-order valence-electron chi connectivity index (χ1n) is 9.40. The third-order valence-corrected chi connectivity index (χ3v) is 6.68. The average Bonchev–Trinajstić information content (AvgIpc) is 2.72. The first kappa shape index (κ1) is 21.9. The number of carbonyl (C=O) groups excluding carboxylic acids is 1. The van der Waals surface area contributed by atoms with Crippen molar-refractivity contribution in [2.75, 3.05) is 26.7 Å². The fraction of sp³-hybridized carbons (Fsp3) is 0.381. The number of carbonyl (C=O) groups is 1. The van der Waals surface area contributed by atoms with Crippen molar-refractivity contribution in [3.63, 3.8) is 0 Å². The molecule has 2 aromatic carbocycles. The number of methoxy groups -OCH3 is 1. The number of hydrogen-bond acceptors (Lipinski definition) is 4. The summed E-state index contributed by atoms with van der Waals surface area (Å²) in [4.78, 5) is 14.9. The molecular weight excluding hydrogens is 376 g/mol. The molecule has 2 aromatic rings. The molecule has 0 heterocycles. The van der Waals surface area contributed by atoms with Crippen LogP contribution in [-0.4, -0.2) is 50.3 Å². The van der Waals surface area contributed by atoms with Gasteiger partial charge in [-0.05, 0) is 30.7 Å². The molecule has 0 spiro atoms. The first-order valence-corrected chi connectivity index (χ1v) is 10.8. The van der Waals surface area contributed by atoms with Gasteiger partial charge in [-0.1, -0.05) is 44.2 Å². The van der Waals surface area contributed by atoms with Gasteiger partial charge in [0, 0.05) is 26.2 Å². The number of ether oxygens (including phenoxy) is 1. The predicted octanol–water partition coefficient (Wildman–Crippen LogP) is 3.39. The molecule has 7 heteroatoms. The number of sulfonamides is 1. The molecule has 1 amide bonds. The first-order chi connectivity index (χ1) is 13.4. The molecule has 0 bridgehead atoms. The zero-order chi connectivity index (χ0) is 20.7. The monoisotopic (exact) mass is 404 g/mol. The lowest BCUT2D eigenvalue weighted by Gasteiger charge is -2.23. The lowest BCUT2D eigenvalue weighted by Crippen LogP contribution is -2.32. The number of hydrogen-bond donors (Lipinski definition) is 0. The maximum absolute atomic E-state index is 13.2. The fourth-order valence-corrected chi connectivity index (χ4v) is 4.51. The Labute approximate surface area is 167 Å². The predicted molar refractivity (Wildman–Crippen MR) is 110 cm³/mol. The fourth-order valence-electron chi connectivity index (χ4n) is 3.03. The van der Waals surface area contributed by atoms with Gasteiger partial charge in [-0.15, -0.1) is 0 Å². The van der Waals surface area contributed by atoms with E-state index >= 15 is 0 Å². The van der Waals surface area contributed by atoms with Gasteiger partial charge >= 0.3 is 0 Å². The van der Waals surface area contributed by atoms with E-state index in [0.29, 0.717) is 31.9 Å². The summed E-state index contributed by atoms with van der Waals surface area (Å²) >= 11 is 0. The van der Waals surface area contributed by atoms with E-state index in [-0.39, 0.29) is 16.4 Å². The second-order valence-electron chi connectivity index (χ2n) is 6.26. The maximum Gasteiger partial charge on any atom is 0.257 e. The molecule has 0 radical (unpaired) electrons. The third-order valence-electron chi connectivity index (χ3n) is 4.63. The Kier molecular flexibility index (Phi) is 7.60. The number of amides is 1. The summed E-state index contributed by atoms with van der Waals surface area (Å²) in [6, 6.07) is 14.1. The van der Waals surface area contributed by atoms with Crippen LogP contribution in [0.2, 0.25) is 0 Å². The highest BCUT2D eigenvalue weighted by molar-refractivity contribution is 7.89. The maximum atomic E-state index is 13.2.